The first-order valence-electron chi connectivity index (χ1n) is 16.0. The molecular formula is C36H53N3O6S. The van der Waals surface area contributed by atoms with Crippen LogP contribution < -0.4 is 10.6 Å². The first kappa shape index (κ1) is 38.7. The Kier molecular flexibility index (Phi) is 15.1. The molecule has 3 amide bonds. The molecule has 9 nitrogen and oxygen atoms in total. The Morgan fingerprint density at radius 2 is 1.46 bits per heavy atom. The number of aryl methyl sites for hydroxylation is 1. The minimum absolute atomic E-state index is 0.210. The lowest BCUT2D eigenvalue weighted by Crippen LogP contribution is -2.55. The molecule has 0 bridgehead atoms. The summed E-state index contributed by atoms with van der Waals surface area (Å²) in [5, 5.41) is 5.71. The summed E-state index contributed by atoms with van der Waals surface area (Å²) in [6.07, 6.45) is 3.18. The lowest BCUT2D eigenvalue weighted by molar-refractivity contribution is -0.159. The van der Waals surface area contributed by atoms with E-state index >= 15 is 0 Å². The second-order valence-corrected chi connectivity index (χ2v) is 14.4. The van der Waals surface area contributed by atoms with Crippen molar-refractivity contribution in [2.75, 3.05) is 18.6 Å². The van der Waals surface area contributed by atoms with E-state index in [1.807, 2.05) is 74.7 Å². The minimum atomic E-state index is -1.07. The number of hydrogen-bond acceptors (Lipinski definition) is 7. The smallest absolute Gasteiger partial charge is 0.408 e. The molecule has 0 fully saturated rings. The van der Waals surface area contributed by atoms with Crippen LogP contribution in [0.5, 0.6) is 0 Å². The van der Waals surface area contributed by atoms with Crippen molar-refractivity contribution in [2.24, 2.45) is 0 Å². The molecule has 0 heterocycles. The standard InChI is InChI=1S/C36H53N3O6S/c1-10-11-22-39(32(41)28(21-23-46-9)38-34(43)45-36(6,7)8)30(27-19-17-25(2)18-20-27)31(40)37-29(33(42)44-35(3,4)5)24-26-15-13-12-14-16-26/h12-20,28-30H,10-11,21-24H2,1-9H3,(H,37,40)(H,38,43). The third kappa shape index (κ3) is 13.4. The van der Waals surface area contributed by atoms with Gasteiger partial charge in [-0.3, -0.25) is 9.59 Å². The van der Waals surface area contributed by atoms with Crippen molar-refractivity contribution in [3.8, 4) is 0 Å². The van der Waals surface area contributed by atoms with Gasteiger partial charge < -0.3 is 25.0 Å². The highest BCUT2D eigenvalue weighted by molar-refractivity contribution is 7.98. The van der Waals surface area contributed by atoms with E-state index < -0.39 is 53.2 Å². The van der Waals surface area contributed by atoms with Crippen LogP contribution in [0.25, 0.3) is 0 Å². The highest BCUT2D eigenvalue weighted by Crippen LogP contribution is 2.25. The summed E-state index contributed by atoms with van der Waals surface area (Å²) in [7, 11) is 0. The maximum atomic E-state index is 14.4. The van der Waals surface area contributed by atoms with Gasteiger partial charge in [0.2, 0.25) is 11.8 Å². The number of hydrogen-bond donors (Lipinski definition) is 2. The third-order valence-corrected chi connectivity index (χ3v) is 7.52. The molecule has 0 saturated carbocycles. The Morgan fingerprint density at radius 1 is 0.848 bits per heavy atom. The van der Waals surface area contributed by atoms with Crippen LogP contribution >= 0.6 is 11.8 Å². The highest BCUT2D eigenvalue weighted by Gasteiger charge is 2.38. The molecule has 0 aliphatic heterocycles. The quantitative estimate of drug-likeness (QED) is 0.214. The second-order valence-electron chi connectivity index (χ2n) is 13.5. The number of unbranched alkanes of at least 4 members (excludes halogenated alkanes) is 1. The molecule has 2 aromatic carbocycles. The zero-order chi connectivity index (χ0) is 34.5. The number of thioether (sulfide) groups is 1. The molecule has 0 aliphatic carbocycles. The molecule has 0 spiro atoms. The van der Waals surface area contributed by atoms with Gasteiger partial charge >= 0.3 is 12.1 Å². The molecule has 0 aromatic heterocycles. The van der Waals surface area contributed by atoms with Gasteiger partial charge in [-0.25, -0.2) is 9.59 Å². The van der Waals surface area contributed by atoms with E-state index in [4.69, 9.17) is 9.47 Å². The fraction of sp³-hybridized carbons (Fsp3) is 0.556. The maximum Gasteiger partial charge on any atom is 0.408 e. The molecule has 0 saturated heterocycles. The van der Waals surface area contributed by atoms with Gasteiger partial charge in [0.1, 0.15) is 29.3 Å². The molecule has 0 radical (unpaired) electrons. The first-order valence-corrected chi connectivity index (χ1v) is 17.4. The van der Waals surface area contributed by atoms with Gasteiger partial charge in [-0.15, -0.1) is 0 Å². The molecule has 2 aromatic rings. The number of nitrogens with zero attached hydrogens (tertiary/aromatic N) is 1. The predicted octanol–water partition coefficient (Wildman–Crippen LogP) is 6.38. The average molecular weight is 656 g/mol. The summed E-state index contributed by atoms with van der Waals surface area (Å²) >= 11 is 1.55. The largest absolute Gasteiger partial charge is 0.458 e. The highest BCUT2D eigenvalue weighted by atomic mass is 32.2. The monoisotopic (exact) mass is 655 g/mol. The van der Waals surface area contributed by atoms with Crippen LogP contribution in [-0.2, 0) is 30.3 Å². The topological polar surface area (TPSA) is 114 Å². The lowest BCUT2D eigenvalue weighted by atomic mass is 9.99. The van der Waals surface area contributed by atoms with Crippen LogP contribution in [0.4, 0.5) is 4.79 Å². The summed E-state index contributed by atoms with van der Waals surface area (Å²) < 4.78 is 11.2. The van der Waals surface area contributed by atoms with Gasteiger partial charge in [0, 0.05) is 13.0 Å². The van der Waals surface area contributed by atoms with E-state index in [9.17, 15) is 19.2 Å². The number of alkyl carbamates (subject to hydrolysis) is 1. The van der Waals surface area contributed by atoms with E-state index in [-0.39, 0.29) is 13.0 Å². The van der Waals surface area contributed by atoms with E-state index in [2.05, 4.69) is 10.6 Å². The fourth-order valence-corrected chi connectivity index (χ4v) is 5.20. The molecule has 3 atom stereocenters. The van der Waals surface area contributed by atoms with Crippen molar-refractivity contribution < 1.29 is 28.7 Å². The molecule has 2 rings (SSSR count). The van der Waals surface area contributed by atoms with Gasteiger partial charge in [-0.1, -0.05) is 73.5 Å². The van der Waals surface area contributed by atoms with Crippen molar-refractivity contribution >= 4 is 35.6 Å². The van der Waals surface area contributed by atoms with Crippen LogP contribution in [0.3, 0.4) is 0 Å². The van der Waals surface area contributed by atoms with E-state index in [0.29, 0.717) is 24.2 Å². The second kappa shape index (κ2) is 18.0. The van der Waals surface area contributed by atoms with Gasteiger partial charge in [-0.2, -0.15) is 11.8 Å². The fourth-order valence-electron chi connectivity index (χ4n) is 4.73. The van der Waals surface area contributed by atoms with Crippen LogP contribution in [0.15, 0.2) is 54.6 Å². The van der Waals surface area contributed by atoms with Crippen LogP contribution in [0.2, 0.25) is 0 Å². The molecule has 3 unspecified atom stereocenters. The number of benzene rings is 2. The normalized spacial score (nSPS) is 13.6. The zero-order valence-electron chi connectivity index (χ0n) is 29.0. The number of esters is 1. The Labute approximate surface area is 279 Å². The number of nitrogens with one attached hydrogen (secondary N) is 2. The van der Waals surface area contributed by atoms with Crippen LogP contribution in [0.1, 0.15) is 90.5 Å². The number of rotatable bonds is 15. The zero-order valence-corrected chi connectivity index (χ0v) is 29.8. The predicted molar refractivity (Wildman–Crippen MR) is 185 cm³/mol. The van der Waals surface area contributed by atoms with Gasteiger partial charge in [0.15, 0.2) is 0 Å². The summed E-state index contributed by atoms with van der Waals surface area (Å²) in [6.45, 7) is 14.8. The number of amides is 3. The Bertz CT molecular complexity index is 1270. The van der Waals surface area contributed by atoms with Gasteiger partial charge in [-0.05, 0) is 84.4 Å². The van der Waals surface area contributed by atoms with Crippen molar-refractivity contribution in [2.45, 2.75) is 110 Å². The van der Waals surface area contributed by atoms with Crippen molar-refractivity contribution in [1.82, 2.24) is 15.5 Å². The van der Waals surface area contributed by atoms with Gasteiger partial charge in [0.25, 0.3) is 0 Å². The summed E-state index contributed by atoms with van der Waals surface area (Å²) in [5.74, 6) is -0.873. The van der Waals surface area contributed by atoms with E-state index in [0.717, 1.165) is 17.5 Å². The molecule has 254 valence electrons. The summed E-state index contributed by atoms with van der Waals surface area (Å²) in [5.41, 5.74) is 0.918. The van der Waals surface area contributed by atoms with Gasteiger partial charge in [0.05, 0.1) is 0 Å². The number of ether oxygens (including phenoxy) is 2. The molecule has 46 heavy (non-hydrogen) atoms. The third-order valence-electron chi connectivity index (χ3n) is 6.88. The number of carbonyl (C=O) groups excluding carboxylic acids is 4. The Balaban J connectivity index is 2.58. The first-order chi connectivity index (χ1) is 21.5. The molecule has 0 aliphatic rings. The number of carbonyl (C=O) groups is 4. The molecule has 10 heteroatoms. The SMILES string of the molecule is CCCCN(C(=O)C(CCSC)NC(=O)OC(C)(C)C)C(C(=O)NC(Cc1ccccc1)C(=O)OC(C)(C)C)c1ccc(C)cc1. The van der Waals surface area contributed by atoms with Crippen molar-refractivity contribution in [3.63, 3.8) is 0 Å². The van der Waals surface area contributed by atoms with E-state index in [1.165, 1.54) is 4.90 Å². The van der Waals surface area contributed by atoms with Crippen molar-refractivity contribution in [3.05, 3.63) is 71.3 Å². The average Bonchev–Trinajstić information content (AvgIpc) is 2.96. The van der Waals surface area contributed by atoms with Crippen molar-refractivity contribution in [1.29, 1.82) is 0 Å². The minimum Gasteiger partial charge on any atom is -0.458 e. The van der Waals surface area contributed by atoms with Crippen LogP contribution in [-0.4, -0.2) is 70.6 Å². The van der Waals surface area contributed by atoms with Crippen LogP contribution in [0, 0.1) is 6.92 Å². The Morgan fingerprint density at radius 3 is 2.00 bits per heavy atom. The molecular weight excluding hydrogens is 602 g/mol. The summed E-state index contributed by atoms with van der Waals surface area (Å²) in [4.78, 5) is 56.7. The van der Waals surface area contributed by atoms with E-state index in [1.54, 1.807) is 53.3 Å². The maximum absolute atomic E-state index is 14.4. The summed E-state index contributed by atoms with van der Waals surface area (Å²) in [6, 6.07) is 13.8. The lowest BCUT2D eigenvalue weighted by Gasteiger charge is -2.35. The Hall–Kier alpha value is -3.53. The molecule has 2 N–H and O–H groups in total.